The van der Waals surface area contributed by atoms with Gasteiger partial charge in [0, 0.05) is 6.08 Å². The summed E-state index contributed by atoms with van der Waals surface area (Å²) in [5, 5.41) is 12.8. The maximum absolute atomic E-state index is 13.1. The number of benzene rings is 3. The van der Waals surface area contributed by atoms with Crippen LogP contribution in [0.2, 0.25) is 0 Å². The van der Waals surface area contributed by atoms with E-state index in [0.29, 0.717) is 5.69 Å². The van der Waals surface area contributed by atoms with Crippen LogP contribution >= 0.6 is 0 Å². The fourth-order valence-electron chi connectivity index (χ4n) is 2.72. The normalized spacial score (nSPS) is 12.3. The Morgan fingerprint density at radius 3 is 2.41 bits per heavy atom. The van der Waals surface area contributed by atoms with Crippen molar-refractivity contribution in [3.05, 3.63) is 107 Å². The van der Waals surface area contributed by atoms with E-state index in [-0.39, 0.29) is 11.6 Å². The highest BCUT2D eigenvalue weighted by molar-refractivity contribution is 6.03. The predicted molar refractivity (Wildman–Crippen MR) is 115 cm³/mol. The van der Waals surface area contributed by atoms with Gasteiger partial charge in [0.15, 0.2) is 0 Å². The second-order valence-electron chi connectivity index (χ2n) is 6.44. The molecule has 0 fully saturated rings. The van der Waals surface area contributed by atoms with Gasteiger partial charge in [0.2, 0.25) is 5.91 Å². The zero-order valence-corrected chi connectivity index (χ0v) is 15.6. The highest BCUT2D eigenvalue weighted by Crippen LogP contribution is 2.19. The molecule has 1 unspecified atom stereocenters. The Morgan fingerprint density at radius 1 is 0.966 bits per heavy atom. The Morgan fingerprint density at radius 2 is 1.69 bits per heavy atom. The lowest BCUT2D eigenvalue weighted by Crippen LogP contribution is -2.09. The molecule has 0 bridgehead atoms. The lowest BCUT2D eigenvalue weighted by atomic mass is 10.1. The summed E-state index contributed by atoms with van der Waals surface area (Å²) in [6.45, 7) is 0. The lowest BCUT2D eigenvalue weighted by molar-refractivity contribution is -0.111. The van der Waals surface area contributed by atoms with Crippen LogP contribution in [-0.2, 0) is 4.79 Å². The zero-order chi connectivity index (χ0) is 20.6. The number of nitrogen functional groups attached to an aromatic ring is 1. The van der Waals surface area contributed by atoms with E-state index in [1.165, 1.54) is 18.2 Å². The molecule has 0 aliphatic heterocycles. The van der Waals surface area contributed by atoms with Crippen molar-refractivity contribution in [2.45, 2.75) is 6.10 Å². The van der Waals surface area contributed by atoms with Crippen LogP contribution < -0.4 is 11.1 Å². The molecule has 29 heavy (non-hydrogen) atoms. The Bertz CT molecular complexity index is 1050. The first-order valence-electron chi connectivity index (χ1n) is 9.06. The summed E-state index contributed by atoms with van der Waals surface area (Å²) in [6.07, 6.45) is 5.89. The molecule has 0 radical (unpaired) electrons. The van der Waals surface area contributed by atoms with Gasteiger partial charge in [-0.05, 0) is 47.0 Å². The summed E-state index contributed by atoms with van der Waals surface area (Å²) in [5.74, 6) is -0.831. The van der Waals surface area contributed by atoms with Gasteiger partial charge in [-0.3, -0.25) is 4.79 Å². The van der Waals surface area contributed by atoms with Gasteiger partial charge >= 0.3 is 0 Å². The fraction of sp³-hybridized carbons (Fsp3) is 0.0417. The molecule has 0 heterocycles. The number of rotatable bonds is 6. The maximum Gasteiger partial charge on any atom is 0.248 e. The van der Waals surface area contributed by atoms with Crippen molar-refractivity contribution in [3.63, 3.8) is 0 Å². The summed E-state index contributed by atoms with van der Waals surface area (Å²) in [5.41, 5.74) is 8.74. The smallest absolute Gasteiger partial charge is 0.248 e. The SMILES string of the molecule is Nc1cc(F)ccc1NC(=O)/C=C/c1cccc(/C=C/C(O)c2ccccc2)c1. The molecule has 3 aromatic carbocycles. The molecule has 0 spiro atoms. The van der Waals surface area contributed by atoms with Crippen LogP contribution in [0.5, 0.6) is 0 Å². The number of aliphatic hydroxyl groups is 1. The molecule has 0 aliphatic rings. The van der Waals surface area contributed by atoms with Crippen molar-refractivity contribution in [1.82, 2.24) is 0 Å². The molecule has 3 rings (SSSR count). The van der Waals surface area contributed by atoms with Crippen LogP contribution in [-0.4, -0.2) is 11.0 Å². The summed E-state index contributed by atoms with van der Waals surface area (Å²) < 4.78 is 13.1. The van der Waals surface area contributed by atoms with E-state index in [9.17, 15) is 14.3 Å². The third-order valence-corrected chi connectivity index (χ3v) is 4.22. The molecule has 5 heteroatoms. The minimum atomic E-state index is -0.692. The van der Waals surface area contributed by atoms with Gasteiger partial charge in [0.25, 0.3) is 0 Å². The minimum Gasteiger partial charge on any atom is -0.397 e. The number of hydrogen-bond acceptors (Lipinski definition) is 3. The highest BCUT2D eigenvalue weighted by atomic mass is 19.1. The number of aliphatic hydroxyl groups excluding tert-OH is 1. The third kappa shape index (κ3) is 5.89. The Hall–Kier alpha value is -3.70. The van der Waals surface area contributed by atoms with Crippen LogP contribution in [0.4, 0.5) is 15.8 Å². The topological polar surface area (TPSA) is 75.3 Å². The molecule has 1 amide bonds. The van der Waals surface area contributed by atoms with Gasteiger partial charge < -0.3 is 16.2 Å². The third-order valence-electron chi connectivity index (χ3n) is 4.22. The number of carbonyl (C=O) groups is 1. The molecule has 4 nitrogen and oxygen atoms in total. The Balaban J connectivity index is 1.64. The van der Waals surface area contributed by atoms with Crippen LogP contribution in [0.1, 0.15) is 22.8 Å². The predicted octanol–water partition coefficient (Wildman–Crippen LogP) is 4.81. The second-order valence-corrected chi connectivity index (χ2v) is 6.44. The molecule has 3 aromatic rings. The van der Waals surface area contributed by atoms with Crippen LogP contribution in [0.25, 0.3) is 12.2 Å². The van der Waals surface area contributed by atoms with Gasteiger partial charge in [-0.25, -0.2) is 4.39 Å². The first kappa shape index (κ1) is 20.0. The number of hydrogen-bond donors (Lipinski definition) is 3. The fourth-order valence-corrected chi connectivity index (χ4v) is 2.72. The van der Waals surface area contributed by atoms with E-state index >= 15 is 0 Å². The molecular formula is C24H21FN2O2. The number of nitrogens with one attached hydrogen (secondary N) is 1. The summed E-state index contributed by atoms with van der Waals surface area (Å²) >= 11 is 0. The highest BCUT2D eigenvalue weighted by Gasteiger charge is 2.04. The summed E-state index contributed by atoms with van der Waals surface area (Å²) in [7, 11) is 0. The van der Waals surface area contributed by atoms with Crippen molar-refractivity contribution in [3.8, 4) is 0 Å². The molecule has 0 aromatic heterocycles. The number of halogens is 1. The second kappa shape index (κ2) is 9.48. The number of anilines is 2. The van der Waals surface area contributed by atoms with E-state index in [2.05, 4.69) is 5.32 Å². The quantitative estimate of drug-likeness (QED) is 0.419. The van der Waals surface area contributed by atoms with Crippen LogP contribution in [0.3, 0.4) is 0 Å². The van der Waals surface area contributed by atoms with Crippen molar-refractivity contribution in [2.75, 3.05) is 11.1 Å². The van der Waals surface area contributed by atoms with Crippen molar-refractivity contribution in [1.29, 1.82) is 0 Å². The van der Waals surface area contributed by atoms with Crippen molar-refractivity contribution in [2.24, 2.45) is 0 Å². The Labute approximate surface area is 168 Å². The number of carbonyl (C=O) groups excluding carboxylic acids is 1. The number of nitrogens with two attached hydrogens (primary N) is 1. The average Bonchev–Trinajstić information content (AvgIpc) is 2.73. The zero-order valence-electron chi connectivity index (χ0n) is 15.6. The molecule has 0 saturated heterocycles. The molecule has 1 atom stereocenters. The number of amides is 1. The van der Waals surface area contributed by atoms with Gasteiger partial charge in [-0.15, -0.1) is 0 Å². The van der Waals surface area contributed by atoms with Gasteiger partial charge in [-0.1, -0.05) is 60.7 Å². The largest absolute Gasteiger partial charge is 0.397 e. The molecule has 4 N–H and O–H groups in total. The summed E-state index contributed by atoms with van der Waals surface area (Å²) in [6, 6.07) is 20.7. The van der Waals surface area contributed by atoms with Crippen LogP contribution in [0, 0.1) is 5.82 Å². The van der Waals surface area contributed by atoms with Crippen molar-refractivity contribution < 1.29 is 14.3 Å². The first-order chi connectivity index (χ1) is 14.0. The molecular weight excluding hydrogens is 367 g/mol. The van der Waals surface area contributed by atoms with E-state index < -0.39 is 11.9 Å². The lowest BCUT2D eigenvalue weighted by Gasteiger charge is -2.06. The van der Waals surface area contributed by atoms with E-state index in [1.54, 1.807) is 12.2 Å². The molecule has 0 aliphatic carbocycles. The van der Waals surface area contributed by atoms with Gasteiger partial charge in [0.1, 0.15) is 5.82 Å². The van der Waals surface area contributed by atoms with Crippen molar-refractivity contribution >= 4 is 29.4 Å². The van der Waals surface area contributed by atoms with Gasteiger partial charge in [-0.2, -0.15) is 0 Å². The molecule has 0 saturated carbocycles. The van der Waals surface area contributed by atoms with E-state index in [4.69, 9.17) is 5.73 Å². The average molecular weight is 388 g/mol. The standard InChI is InChI=1S/C24H21FN2O2/c25-20-11-12-22(21(26)16-20)27-24(29)14-10-18-6-4-5-17(15-18)9-13-23(28)19-7-2-1-3-8-19/h1-16,23,28H,26H2,(H,27,29)/b13-9+,14-10+. The maximum atomic E-state index is 13.1. The summed E-state index contributed by atoms with van der Waals surface area (Å²) in [4.78, 5) is 12.1. The monoisotopic (exact) mass is 388 g/mol. The van der Waals surface area contributed by atoms with E-state index in [0.717, 1.165) is 22.8 Å². The first-order valence-corrected chi connectivity index (χ1v) is 9.06. The van der Waals surface area contributed by atoms with E-state index in [1.807, 2.05) is 60.7 Å². The van der Waals surface area contributed by atoms with Crippen LogP contribution in [0.15, 0.2) is 84.9 Å². The Kier molecular flexibility index (Phi) is 6.55. The van der Waals surface area contributed by atoms with Gasteiger partial charge in [0.05, 0.1) is 17.5 Å². The minimum absolute atomic E-state index is 0.163. The molecule has 146 valence electrons.